The van der Waals surface area contributed by atoms with Crippen molar-refractivity contribution in [2.75, 3.05) is 0 Å². The van der Waals surface area contributed by atoms with Gasteiger partial charge in [-0.25, -0.2) is 0 Å². The SMILES string of the molecule is O=S(=O)(Oc1cc2ccc3cc2c(c1)c1ccccc1[nH]c1cccc(c1)n3-c1ccccc1)C(F)(F)F. The summed E-state index contributed by atoms with van der Waals surface area (Å²) in [6, 6.07) is 33.1. The maximum atomic E-state index is 13.1. The van der Waals surface area contributed by atoms with Crippen LogP contribution in [-0.4, -0.2) is 23.5 Å². The molecule has 6 aromatic rings. The largest absolute Gasteiger partial charge is 0.534 e. The number of benzene rings is 5. The summed E-state index contributed by atoms with van der Waals surface area (Å²) in [5.41, 5.74) is -1.42. The van der Waals surface area contributed by atoms with Crippen molar-refractivity contribution >= 4 is 53.7 Å². The van der Waals surface area contributed by atoms with Crippen LogP contribution >= 0.6 is 0 Å². The summed E-state index contributed by atoms with van der Waals surface area (Å²) in [7, 11) is -5.85. The summed E-state index contributed by atoms with van der Waals surface area (Å²) in [6.45, 7) is 0. The monoisotopic (exact) mass is 532 g/mol. The molecule has 5 aromatic carbocycles. The summed E-state index contributed by atoms with van der Waals surface area (Å²) >= 11 is 0. The first-order chi connectivity index (χ1) is 18.2. The molecule has 6 rings (SSSR count). The Morgan fingerprint density at radius 3 is 2.21 bits per heavy atom. The second-order valence-electron chi connectivity index (χ2n) is 8.75. The number of aromatic nitrogens is 2. The molecule has 9 heteroatoms. The molecule has 190 valence electrons. The summed E-state index contributed by atoms with van der Waals surface area (Å²) < 4.78 is 69.6. The van der Waals surface area contributed by atoms with E-state index >= 15 is 0 Å². The molecule has 0 fully saturated rings. The lowest BCUT2D eigenvalue weighted by Gasteiger charge is -2.13. The van der Waals surface area contributed by atoms with Crippen LogP contribution in [-0.2, 0) is 10.1 Å². The second-order valence-corrected chi connectivity index (χ2v) is 10.3. The molecule has 0 aliphatic carbocycles. The molecule has 4 bridgehead atoms. The number of alkyl halides is 3. The van der Waals surface area contributed by atoms with E-state index in [1.165, 1.54) is 12.1 Å². The summed E-state index contributed by atoms with van der Waals surface area (Å²) in [6.07, 6.45) is 0. The van der Waals surface area contributed by atoms with Gasteiger partial charge in [-0.1, -0.05) is 48.5 Å². The van der Waals surface area contributed by atoms with E-state index in [0.29, 0.717) is 27.1 Å². The van der Waals surface area contributed by atoms with Gasteiger partial charge in [-0.15, -0.1) is 0 Å². The maximum Gasteiger partial charge on any atom is 0.534 e. The number of halogens is 3. The lowest BCUT2D eigenvalue weighted by molar-refractivity contribution is -0.0500. The minimum atomic E-state index is -5.85. The topological polar surface area (TPSA) is 64.1 Å². The highest BCUT2D eigenvalue weighted by atomic mass is 32.2. The average Bonchev–Trinajstić information content (AvgIpc) is 2.90. The lowest BCUT2D eigenvalue weighted by atomic mass is 10.0. The number of rotatable bonds is 3. The van der Waals surface area contributed by atoms with Crippen molar-refractivity contribution in [2.24, 2.45) is 0 Å². The number of hydrogen-bond donors (Lipinski definition) is 1. The molecule has 1 aromatic heterocycles. The Kier molecular flexibility index (Phi) is 5.53. The van der Waals surface area contributed by atoms with Crippen LogP contribution < -0.4 is 4.18 Å². The van der Waals surface area contributed by atoms with E-state index in [0.717, 1.165) is 22.2 Å². The normalized spacial score (nSPS) is 12.3. The van der Waals surface area contributed by atoms with Crippen LogP contribution in [0.2, 0.25) is 0 Å². The predicted octanol–water partition coefficient (Wildman–Crippen LogP) is 7.77. The quantitative estimate of drug-likeness (QED) is 0.187. The molecule has 0 atom stereocenters. The van der Waals surface area contributed by atoms with E-state index in [1.807, 2.05) is 91.0 Å². The third kappa shape index (κ3) is 4.20. The van der Waals surface area contributed by atoms with E-state index in [1.54, 1.807) is 6.07 Å². The van der Waals surface area contributed by atoms with Crippen molar-refractivity contribution in [3.8, 4) is 11.4 Å². The van der Waals surface area contributed by atoms with Gasteiger partial charge in [-0.3, -0.25) is 0 Å². The van der Waals surface area contributed by atoms with Crippen LogP contribution in [0.1, 0.15) is 0 Å². The van der Waals surface area contributed by atoms with Crippen molar-refractivity contribution < 1.29 is 25.8 Å². The fraction of sp³-hybridized carbons (Fsp3) is 0.0345. The van der Waals surface area contributed by atoms with Gasteiger partial charge in [0.15, 0.2) is 0 Å². The predicted molar refractivity (Wildman–Crippen MR) is 143 cm³/mol. The minimum absolute atomic E-state index is 0.428. The van der Waals surface area contributed by atoms with Crippen molar-refractivity contribution in [1.29, 1.82) is 0 Å². The average molecular weight is 533 g/mol. The van der Waals surface area contributed by atoms with Gasteiger partial charge in [-0.05, 0) is 76.8 Å². The van der Waals surface area contributed by atoms with Gasteiger partial charge < -0.3 is 13.7 Å². The molecule has 38 heavy (non-hydrogen) atoms. The summed E-state index contributed by atoms with van der Waals surface area (Å²) in [5.74, 6) is -0.428. The van der Waals surface area contributed by atoms with Crippen molar-refractivity contribution in [1.82, 2.24) is 9.55 Å². The van der Waals surface area contributed by atoms with Gasteiger partial charge in [0.2, 0.25) is 0 Å². The van der Waals surface area contributed by atoms with E-state index < -0.39 is 21.4 Å². The molecule has 0 saturated carbocycles. The first-order valence-corrected chi connectivity index (χ1v) is 13.0. The smallest absolute Gasteiger partial charge is 0.376 e. The van der Waals surface area contributed by atoms with Crippen LogP contribution in [0.3, 0.4) is 0 Å². The number of aromatic amines is 1. The highest BCUT2D eigenvalue weighted by Gasteiger charge is 2.48. The van der Waals surface area contributed by atoms with Gasteiger partial charge >= 0.3 is 15.6 Å². The zero-order valence-corrected chi connectivity index (χ0v) is 20.4. The Morgan fingerprint density at radius 2 is 1.42 bits per heavy atom. The molecular weight excluding hydrogens is 513 g/mol. The Bertz CT molecular complexity index is 2010. The highest BCUT2D eigenvalue weighted by molar-refractivity contribution is 7.88. The Labute approximate surface area is 215 Å². The van der Waals surface area contributed by atoms with Gasteiger partial charge in [0, 0.05) is 33.1 Å². The zero-order chi connectivity index (χ0) is 26.5. The van der Waals surface area contributed by atoms with Crippen molar-refractivity contribution in [3.63, 3.8) is 0 Å². The Morgan fingerprint density at radius 1 is 0.684 bits per heavy atom. The van der Waals surface area contributed by atoms with Crippen LogP contribution in [0, 0.1) is 0 Å². The van der Waals surface area contributed by atoms with Gasteiger partial charge in [-0.2, -0.15) is 21.6 Å². The first-order valence-electron chi connectivity index (χ1n) is 11.6. The molecule has 0 unspecified atom stereocenters. The van der Waals surface area contributed by atoms with E-state index in [9.17, 15) is 21.6 Å². The summed E-state index contributed by atoms with van der Waals surface area (Å²) in [5, 5.41) is 2.42. The highest BCUT2D eigenvalue weighted by Crippen LogP contribution is 2.35. The second kappa shape index (κ2) is 8.81. The molecule has 0 saturated heterocycles. The lowest BCUT2D eigenvalue weighted by Crippen LogP contribution is -2.28. The van der Waals surface area contributed by atoms with E-state index in [-0.39, 0.29) is 0 Å². The zero-order valence-electron chi connectivity index (χ0n) is 19.6. The number of nitrogens with one attached hydrogen (secondary N) is 1. The standard InChI is InChI=1S/C29H19F3N2O3S/c30-29(31,32)38(35,36)37-24-15-19-13-14-23-17-26(19)27(18-24)25-11-4-5-12-28(25)33-20-7-6-10-22(16-20)34(23)21-8-2-1-3-9-21/h1-18,33H. The Balaban J connectivity index is 1.81. The first kappa shape index (κ1) is 23.9. The fourth-order valence-electron chi connectivity index (χ4n) is 4.63. The van der Waals surface area contributed by atoms with Gasteiger partial charge in [0.25, 0.3) is 0 Å². The van der Waals surface area contributed by atoms with Crippen LogP contribution in [0.15, 0.2) is 109 Å². The third-order valence-electron chi connectivity index (χ3n) is 6.27. The molecular formula is C29H19F3N2O3S. The number of para-hydroxylation sites is 2. The number of hydrogen-bond acceptors (Lipinski definition) is 3. The fourth-order valence-corrected chi connectivity index (χ4v) is 5.08. The molecule has 5 nitrogen and oxygen atoms in total. The maximum absolute atomic E-state index is 13.1. The minimum Gasteiger partial charge on any atom is -0.376 e. The van der Waals surface area contributed by atoms with Crippen LogP contribution in [0.4, 0.5) is 13.2 Å². The van der Waals surface area contributed by atoms with E-state index in [4.69, 9.17) is 0 Å². The number of H-pyrrole nitrogens is 1. The summed E-state index contributed by atoms with van der Waals surface area (Å²) in [4.78, 5) is 3.41. The van der Waals surface area contributed by atoms with Crippen molar-refractivity contribution in [2.45, 2.75) is 5.51 Å². The molecule has 1 heterocycles. The molecule has 1 N–H and O–H groups in total. The van der Waals surface area contributed by atoms with Crippen LogP contribution in [0.25, 0.3) is 49.3 Å². The number of nitrogens with zero attached hydrogens (tertiary/aromatic N) is 1. The molecule has 0 spiro atoms. The van der Waals surface area contributed by atoms with Crippen LogP contribution in [0.5, 0.6) is 5.75 Å². The van der Waals surface area contributed by atoms with E-state index in [2.05, 4.69) is 13.7 Å². The molecule has 0 aliphatic heterocycles. The molecule has 0 aliphatic rings. The van der Waals surface area contributed by atoms with Gasteiger partial charge in [0.05, 0.1) is 0 Å². The number of fused-ring (bicyclic) bond motifs is 5. The molecule has 0 radical (unpaired) electrons. The Hall–Kier alpha value is -4.50. The third-order valence-corrected chi connectivity index (χ3v) is 7.25. The molecule has 0 amide bonds. The van der Waals surface area contributed by atoms with Gasteiger partial charge in [0.1, 0.15) is 5.75 Å². The van der Waals surface area contributed by atoms with Crippen molar-refractivity contribution in [3.05, 3.63) is 109 Å².